The molecule has 20 heavy (non-hydrogen) atoms. The third-order valence-corrected chi connectivity index (χ3v) is 4.85. The lowest BCUT2D eigenvalue weighted by Gasteiger charge is -2.44. The number of nitrogens with one attached hydrogen (secondary N) is 1. The van der Waals surface area contributed by atoms with Crippen LogP contribution in [0.1, 0.15) is 44.2 Å². The lowest BCUT2D eigenvalue weighted by Crippen LogP contribution is -2.47. The van der Waals surface area contributed by atoms with Gasteiger partial charge < -0.3 is 10.1 Å². The van der Waals surface area contributed by atoms with Crippen molar-refractivity contribution in [1.82, 2.24) is 5.32 Å². The van der Waals surface area contributed by atoms with E-state index in [2.05, 4.69) is 43.4 Å². The summed E-state index contributed by atoms with van der Waals surface area (Å²) in [6.07, 6.45) is 4.98. The van der Waals surface area contributed by atoms with Gasteiger partial charge in [0.1, 0.15) is 0 Å². The summed E-state index contributed by atoms with van der Waals surface area (Å²) in [5.74, 6) is 0.540. The fraction of sp³-hybridized carbons (Fsp3) is 0.667. The Kier molecular flexibility index (Phi) is 5.62. The fourth-order valence-corrected chi connectivity index (χ4v) is 3.72. The highest BCUT2D eigenvalue weighted by atomic mass is 16.5. The molecule has 2 nitrogen and oxygen atoms in total. The van der Waals surface area contributed by atoms with Crippen molar-refractivity contribution in [1.29, 1.82) is 0 Å². The topological polar surface area (TPSA) is 21.3 Å². The highest BCUT2D eigenvalue weighted by molar-refractivity contribution is 5.38. The molecule has 0 saturated carbocycles. The molecule has 1 N–H and O–H groups in total. The molecule has 112 valence electrons. The zero-order valence-electron chi connectivity index (χ0n) is 13.2. The van der Waals surface area contributed by atoms with E-state index < -0.39 is 0 Å². The largest absolute Gasteiger partial charge is 0.384 e. The molecular formula is C18H29NO. The Hall–Kier alpha value is -0.860. The molecule has 0 heterocycles. The fourth-order valence-electron chi connectivity index (χ4n) is 3.72. The molecular weight excluding hydrogens is 246 g/mol. The van der Waals surface area contributed by atoms with E-state index in [-0.39, 0.29) is 5.41 Å². The molecule has 1 aromatic carbocycles. The Labute approximate surface area is 123 Å². The van der Waals surface area contributed by atoms with Crippen LogP contribution in [0.2, 0.25) is 0 Å². The van der Waals surface area contributed by atoms with Gasteiger partial charge in [0.15, 0.2) is 0 Å². The Bertz CT molecular complexity index is 418. The van der Waals surface area contributed by atoms with E-state index in [1.807, 2.05) is 7.11 Å². The Morgan fingerprint density at radius 1 is 1.35 bits per heavy atom. The van der Waals surface area contributed by atoms with Gasteiger partial charge in [0.2, 0.25) is 0 Å². The first-order valence-corrected chi connectivity index (χ1v) is 8.02. The lowest BCUT2D eigenvalue weighted by atomic mass is 9.63. The van der Waals surface area contributed by atoms with Crippen molar-refractivity contribution < 1.29 is 4.74 Å². The van der Waals surface area contributed by atoms with Crippen LogP contribution in [0.25, 0.3) is 0 Å². The number of rotatable bonds is 7. The molecule has 2 rings (SSSR count). The summed E-state index contributed by atoms with van der Waals surface area (Å²) in [6, 6.07) is 9.02. The number of methoxy groups -OCH3 is 1. The highest BCUT2D eigenvalue weighted by Crippen LogP contribution is 2.42. The minimum atomic E-state index is 0.236. The number of hydrogen-bond donors (Lipinski definition) is 1. The van der Waals surface area contributed by atoms with Gasteiger partial charge in [-0.2, -0.15) is 0 Å². The SMILES string of the molecule is CCCNCC1(C(C)COC)CCCc2ccccc21. The van der Waals surface area contributed by atoms with E-state index in [1.54, 1.807) is 11.1 Å². The second-order valence-electron chi connectivity index (χ2n) is 6.20. The number of aryl methyl sites for hydroxylation is 1. The molecule has 1 aromatic rings. The van der Waals surface area contributed by atoms with Crippen LogP contribution in [-0.4, -0.2) is 26.8 Å². The second kappa shape index (κ2) is 7.24. The van der Waals surface area contributed by atoms with Crippen LogP contribution < -0.4 is 5.32 Å². The Balaban J connectivity index is 2.31. The van der Waals surface area contributed by atoms with Crippen LogP contribution in [0.15, 0.2) is 24.3 Å². The third-order valence-electron chi connectivity index (χ3n) is 4.85. The standard InChI is InChI=1S/C18H29NO/c1-4-12-19-14-18(15(2)13-20-3)11-7-9-16-8-5-6-10-17(16)18/h5-6,8,10,15,19H,4,7,9,11-14H2,1-3H3. The minimum absolute atomic E-state index is 0.236. The van der Waals surface area contributed by atoms with Gasteiger partial charge >= 0.3 is 0 Å². The normalized spacial score (nSPS) is 23.4. The maximum atomic E-state index is 5.48. The quantitative estimate of drug-likeness (QED) is 0.769. The van der Waals surface area contributed by atoms with Crippen molar-refractivity contribution in [2.75, 3.05) is 26.8 Å². The van der Waals surface area contributed by atoms with E-state index >= 15 is 0 Å². The highest BCUT2D eigenvalue weighted by Gasteiger charge is 2.40. The van der Waals surface area contributed by atoms with Crippen molar-refractivity contribution in [3.8, 4) is 0 Å². The summed E-state index contributed by atoms with van der Waals surface area (Å²) in [5.41, 5.74) is 3.33. The smallest absolute Gasteiger partial charge is 0.0496 e. The van der Waals surface area contributed by atoms with Gasteiger partial charge in [-0.1, -0.05) is 38.1 Å². The maximum absolute atomic E-state index is 5.48. The summed E-state index contributed by atoms with van der Waals surface area (Å²) in [6.45, 7) is 7.58. The predicted molar refractivity (Wildman–Crippen MR) is 85.3 cm³/mol. The second-order valence-corrected chi connectivity index (χ2v) is 6.20. The van der Waals surface area contributed by atoms with Gasteiger partial charge in [-0.25, -0.2) is 0 Å². The molecule has 1 aliphatic rings. The van der Waals surface area contributed by atoms with Gasteiger partial charge in [0.05, 0.1) is 0 Å². The molecule has 0 radical (unpaired) electrons. The summed E-state index contributed by atoms with van der Waals surface area (Å²) in [4.78, 5) is 0. The minimum Gasteiger partial charge on any atom is -0.384 e. The first-order chi connectivity index (χ1) is 9.74. The van der Waals surface area contributed by atoms with E-state index in [1.165, 1.54) is 25.7 Å². The van der Waals surface area contributed by atoms with Gasteiger partial charge in [0.25, 0.3) is 0 Å². The molecule has 0 aliphatic heterocycles. The predicted octanol–water partition coefficient (Wildman–Crippen LogP) is 3.54. The monoisotopic (exact) mass is 275 g/mol. The summed E-state index contributed by atoms with van der Waals surface area (Å²) < 4.78 is 5.48. The van der Waals surface area contributed by atoms with Crippen LogP contribution in [0.4, 0.5) is 0 Å². The van der Waals surface area contributed by atoms with Crippen LogP contribution in [0, 0.1) is 5.92 Å². The molecule has 2 unspecified atom stereocenters. The molecule has 0 fully saturated rings. The zero-order chi connectivity index (χ0) is 14.4. The number of ether oxygens (including phenoxy) is 1. The maximum Gasteiger partial charge on any atom is 0.0496 e. The molecule has 0 amide bonds. The van der Waals surface area contributed by atoms with Crippen LogP contribution in [-0.2, 0) is 16.6 Å². The summed E-state index contributed by atoms with van der Waals surface area (Å²) in [5, 5.41) is 3.67. The van der Waals surface area contributed by atoms with Crippen LogP contribution in [0.3, 0.4) is 0 Å². The van der Waals surface area contributed by atoms with Crippen molar-refractivity contribution in [3.63, 3.8) is 0 Å². The first-order valence-electron chi connectivity index (χ1n) is 8.02. The van der Waals surface area contributed by atoms with Gasteiger partial charge in [0, 0.05) is 25.7 Å². The van der Waals surface area contributed by atoms with Gasteiger partial charge in [-0.15, -0.1) is 0 Å². The van der Waals surface area contributed by atoms with Crippen molar-refractivity contribution in [3.05, 3.63) is 35.4 Å². The average Bonchev–Trinajstić information content (AvgIpc) is 2.48. The van der Waals surface area contributed by atoms with E-state index in [0.29, 0.717) is 5.92 Å². The van der Waals surface area contributed by atoms with Crippen molar-refractivity contribution >= 4 is 0 Å². The number of fused-ring (bicyclic) bond motifs is 1. The molecule has 0 saturated heterocycles. The van der Waals surface area contributed by atoms with Crippen LogP contribution >= 0.6 is 0 Å². The van der Waals surface area contributed by atoms with Gasteiger partial charge in [-0.3, -0.25) is 0 Å². The molecule has 2 atom stereocenters. The molecule has 0 spiro atoms. The molecule has 0 bridgehead atoms. The van der Waals surface area contributed by atoms with E-state index in [4.69, 9.17) is 4.74 Å². The molecule has 1 aliphatic carbocycles. The first kappa shape index (κ1) is 15.5. The summed E-state index contributed by atoms with van der Waals surface area (Å²) >= 11 is 0. The Morgan fingerprint density at radius 2 is 2.15 bits per heavy atom. The van der Waals surface area contributed by atoms with E-state index in [0.717, 1.165) is 19.7 Å². The van der Waals surface area contributed by atoms with Crippen LogP contribution in [0.5, 0.6) is 0 Å². The van der Waals surface area contributed by atoms with Crippen molar-refractivity contribution in [2.24, 2.45) is 5.92 Å². The van der Waals surface area contributed by atoms with E-state index in [9.17, 15) is 0 Å². The average molecular weight is 275 g/mol. The third kappa shape index (κ3) is 3.07. The molecule has 2 heteroatoms. The summed E-state index contributed by atoms with van der Waals surface area (Å²) in [7, 11) is 1.82. The number of hydrogen-bond acceptors (Lipinski definition) is 2. The van der Waals surface area contributed by atoms with Crippen molar-refractivity contribution in [2.45, 2.75) is 44.9 Å². The molecule has 0 aromatic heterocycles. The zero-order valence-corrected chi connectivity index (χ0v) is 13.2. The number of benzene rings is 1. The Morgan fingerprint density at radius 3 is 2.90 bits per heavy atom. The van der Waals surface area contributed by atoms with Gasteiger partial charge in [-0.05, 0) is 49.3 Å². The lowest BCUT2D eigenvalue weighted by molar-refractivity contribution is 0.102.